The molecule has 1 atom stereocenters. The van der Waals surface area contributed by atoms with Crippen LogP contribution in [0.3, 0.4) is 0 Å². The molecule has 1 N–H and O–H groups in total. The van der Waals surface area contributed by atoms with Crippen LogP contribution in [0.2, 0.25) is 5.02 Å². The van der Waals surface area contributed by atoms with Gasteiger partial charge in [0.2, 0.25) is 0 Å². The molecule has 100 valence electrons. The predicted molar refractivity (Wildman–Crippen MR) is 71.7 cm³/mol. The van der Waals surface area contributed by atoms with Gasteiger partial charge in [-0.25, -0.2) is 0 Å². The van der Waals surface area contributed by atoms with Gasteiger partial charge >= 0.3 is 0 Å². The monoisotopic (exact) mass is 282 g/mol. The SMILES string of the molecule is C[C@H](CO)n1ccc2c([N+](=O)[O-])c(Cl)ccc2c1=O. The number of nitro benzene ring substituents is 1. The molecular formula is C12H11ClN2O4. The van der Waals surface area contributed by atoms with E-state index < -0.39 is 11.0 Å². The lowest BCUT2D eigenvalue weighted by Crippen LogP contribution is -2.24. The van der Waals surface area contributed by atoms with Crippen molar-refractivity contribution in [3.8, 4) is 0 Å². The number of benzene rings is 1. The Morgan fingerprint density at radius 1 is 1.42 bits per heavy atom. The van der Waals surface area contributed by atoms with Gasteiger partial charge in [0.05, 0.1) is 28.3 Å². The third-order valence-corrected chi connectivity index (χ3v) is 3.26. The summed E-state index contributed by atoms with van der Waals surface area (Å²) in [4.78, 5) is 22.6. The van der Waals surface area contributed by atoms with E-state index in [1.807, 2.05) is 0 Å². The molecule has 1 aromatic carbocycles. The zero-order chi connectivity index (χ0) is 14.2. The van der Waals surface area contributed by atoms with Crippen LogP contribution in [-0.2, 0) is 0 Å². The van der Waals surface area contributed by atoms with Crippen molar-refractivity contribution in [2.24, 2.45) is 0 Å². The largest absolute Gasteiger partial charge is 0.394 e. The molecule has 0 aliphatic carbocycles. The highest BCUT2D eigenvalue weighted by atomic mass is 35.5. The Morgan fingerprint density at radius 3 is 2.68 bits per heavy atom. The molecule has 0 saturated heterocycles. The van der Waals surface area contributed by atoms with Crippen molar-refractivity contribution in [1.82, 2.24) is 4.57 Å². The quantitative estimate of drug-likeness (QED) is 0.690. The first-order chi connectivity index (χ1) is 8.97. The van der Waals surface area contributed by atoms with Gasteiger partial charge in [-0.3, -0.25) is 14.9 Å². The number of aliphatic hydroxyl groups is 1. The first kappa shape index (κ1) is 13.5. The van der Waals surface area contributed by atoms with Crippen molar-refractivity contribution in [3.63, 3.8) is 0 Å². The van der Waals surface area contributed by atoms with Gasteiger partial charge in [-0.1, -0.05) is 11.6 Å². The van der Waals surface area contributed by atoms with E-state index in [9.17, 15) is 14.9 Å². The number of nitrogens with zero attached hydrogens (tertiary/aromatic N) is 2. The fourth-order valence-electron chi connectivity index (χ4n) is 1.92. The summed E-state index contributed by atoms with van der Waals surface area (Å²) in [6, 6.07) is 3.85. The van der Waals surface area contributed by atoms with E-state index >= 15 is 0 Å². The standard InChI is InChI=1S/C12H11ClN2O4/c1-7(6-16)14-5-4-8-9(12(14)17)2-3-10(13)11(8)15(18)19/h2-5,7,16H,6H2,1H3/t7-/m1/s1. The number of rotatable bonds is 3. The van der Waals surface area contributed by atoms with Crippen LogP contribution >= 0.6 is 11.6 Å². The molecule has 7 heteroatoms. The van der Waals surface area contributed by atoms with E-state index in [0.29, 0.717) is 0 Å². The number of hydrogen-bond donors (Lipinski definition) is 1. The van der Waals surface area contributed by atoms with E-state index in [-0.39, 0.29) is 33.6 Å². The Balaban J connectivity index is 2.83. The molecule has 0 amide bonds. The summed E-state index contributed by atoms with van der Waals surface area (Å²) in [7, 11) is 0. The lowest BCUT2D eigenvalue weighted by atomic mass is 10.1. The number of fused-ring (bicyclic) bond motifs is 1. The number of hydrogen-bond acceptors (Lipinski definition) is 4. The van der Waals surface area contributed by atoms with Crippen LogP contribution in [0.15, 0.2) is 29.2 Å². The highest BCUT2D eigenvalue weighted by Gasteiger charge is 2.19. The number of aromatic nitrogens is 1. The summed E-state index contributed by atoms with van der Waals surface area (Å²) in [6.45, 7) is 1.48. The Labute approximate surface area is 113 Å². The molecule has 2 aromatic rings. The molecule has 1 heterocycles. The molecule has 0 bridgehead atoms. The average Bonchev–Trinajstić information content (AvgIpc) is 2.37. The maximum Gasteiger partial charge on any atom is 0.295 e. The Morgan fingerprint density at radius 2 is 2.11 bits per heavy atom. The van der Waals surface area contributed by atoms with Crippen molar-refractivity contribution >= 4 is 28.1 Å². The summed E-state index contributed by atoms with van der Waals surface area (Å²) < 4.78 is 1.33. The van der Waals surface area contributed by atoms with E-state index in [1.54, 1.807) is 6.92 Å². The molecule has 0 unspecified atom stereocenters. The third-order valence-electron chi connectivity index (χ3n) is 2.96. The molecule has 0 aliphatic rings. The maximum atomic E-state index is 12.2. The normalized spacial score (nSPS) is 12.6. The van der Waals surface area contributed by atoms with E-state index in [0.717, 1.165) is 0 Å². The number of aliphatic hydroxyl groups excluding tert-OH is 1. The maximum absolute atomic E-state index is 12.2. The second-order valence-corrected chi connectivity index (χ2v) is 4.58. The molecule has 0 saturated carbocycles. The lowest BCUT2D eigenvalue weighted by Gasteiger charge is -2.13. The van der Waals surface area contributed by atoms with Crippen LogP contribution in [-0.4, -0.2) is 21.2 Å². The van der Waals surface area contributed by atoms with Gasteiger partial charge in [0.25, 0.3) is 11.2 Å². The average molecular weight is 283 g/mol. The van der Waals surface area contributed by atoms with E-state index in [4.69, 9.17) is 16.7 Å². The predicted octanol–water partition coefficient (Wildman–Crippen LogP) is 2.12. The molecule has 0 aliphatic heterocycles. The Hall–Kier alpha value is -1.92. The summed E-state index contributed by atoms with van der Waals surface area (Å²) in [6.07, 6.45) is 1.43. The first-order valence-electron chi connectivity index (χ1n) is 5.56. The van der Waals surface area contributed by atoms with Crippen LogP contribution in [0.25, 0.3) is 10.8 Å². The third kappa shape index (κ3) is 2.20. The minimum atomic E-state index is -0.607. The zero-order valence-electron chi connectivity index (χ0n) is 10.0. The van der Waals surface area contributed by atoms with Gasteiger partial charge in [0.15, 0.2) is 0 Å². The molecule has 2 rings (SSSR count). The molecule has 0 fully saturated rings. The Bertz CT molecular complexity index is 711. The summed E-state index contributed by atoms with van der Waals surface area (Å²) in [5.74, 6) is 0. The zero-order valence-corrected chi connectivity index (χ0v) is 10.8. The molecule has 6 nitrogen and oxygen atoms in total. The number of pyridine rings is 1. The van der Waals surface area contributed by atoms with Crippen molar-refractivity contribution in [1.29, 1.82) is 0 Å². The minimum absolute atomic E-state index is 0.00939. The van der Waals surface area contributed by atoms with Gasteiger partial charge in [0, 0.05) is 6.20 Å². The number of halogens is 1. The van der Waals surface area contributed by atoms with Crippen LogP contribution in [0.5, 0.6) is 0 Å². The van der Waals surface area contributed by atoms with Gasteiger partial charge in [0.1, 0.15) is 5.02 Å². The van der Waals surface area contributed by atoms with Crippen LogP contribution < -0.4 is 5.56 Å². The lowest BCUT2D eigenvalue weighted by molar-refractivity contribution is -0.382. The van der Waals surface area contributed by atoms with Crippen molar-refractivity contribution < 1.29 is 10.0 Å². The van der Waals surface area contributed by atoms with Gasteiger partial charge in [-0.2, -0.15) is 0 Å². The highest BCUT2D eigenvalue weighted by molar-refractivity contribution is 6.34. The Kier molecular flexibility index (Phi) is 3.55. The van der Waals surface area contributed by atoms with Gasteiger partial charge in [-0.15, -0.1) is 0 Å². The second-order valence-electron chi connectivity index (χ2n) is 4.17. The van der Waals surface area contributed by atoms with Crippen LogP contribution in [0.1, 0.15) is 13.0 Å². The molecule has 19 heavy (non-hydrogen) atoms. The molecule has 0 radical (unpaired) electrons. The van der Waals surface area contributed by atoms with Crippen LogP contribution in [0.4, 0.5) is 5.69 Å². The minimum Gasteiger partial charge on any atom is -0.394 e. The fourth-order valence-corrected chi connectivity index (χ4v) is 2.15. The van der Waals surface area contributed by atoms with Crippen LogP contribution in [0, 0.1) is 10.1 Å². The summed E-state index contributed by atoms with van der Waals surface area (Å²) in [5, 5.41) is 20.5. The second kappa shape index (κ2) is 4.99. The van der Waals surface area contributed by atoms with E-state index in [1.165, 1.54) is 29.0 Å². The van der Waals surface area contributed by atoms with Crippen molar-refractivity contribution in [2.75, 3.05) is 6.61 Å². The first-order valence-corrected chi connectivity index (χ1v) is 5.93. The summed E-state index contributed by atoms with van der Waals surface area (Å²) in [5.41, 5.74) is -0.668. The molecule has 1 aromatic heterocycles. The smallest absolute Gasteiger partial charge is 0.295 e. The van der Waals surface area contributed by atoms with Crippen molar-refractivity contribution in [3.05, 3.63) is 49.9 Å². The topological polar surface area (TPSA) is 85.4 Å². The van der Waals surface area contributed by atoms with Gasteiger partial charge in [-0.05, 0) is 25.1 Å². The van der Waals surface area contributed by atoms with Gasteiger partial charge < -0.3 is 9.67 Å². The fraction of sp³-hybridized carbons (Fsp3) is 0.250. The number of nitro groups is 1. The van der Waals surface area contributed by atoms with E-state index in [2.05, 4.69) is 0 Å². The molecule has 0 spiro atoms. The molecular weight excluding hydrogens is 272 g/mol. The van der Waals surface area contributed by atoms with Crippen molar-refractivity contribution in [2.45, 2.75) is 13.0 Å². The highest BCUT2D eigenvalue weighted by Crippen LogP contribution is 2.31. The summed E-state index contributed by atoms with van der Waals surface area (Å²) >= 11 is 5.79.